The maximum Gasteiger partial charge on any atom is 0.181 e. The molecule has 0 spiro atoms. The van der Waals surface area contributed by atoms with E-state index in [1.54, 1.807) is 17.5 Å². The van der Waals surface area contributed by atoms with E-state index in [0.29, 0.717) is 0 Å². The van der Waals surface area contributed by atoms with Crippen LogP contribution in [-0.4, -0.2) is 9.97 Å². The molecule has 0 radical (unpaired) electrons. The van der Waals surface area contributed by atoms with Crippen LogP contribution in [0.1, 0.15) is 5.01 Å². The molecule has 0 aliphatic rings. The van der Waals surface area contributed by atoms with Gasteiger partial charge in [-0.05, 0) is 24.3 Å². The normalized spacial score (nSPS) is 10.4. The molecule has 3 aromatic rings. The van der Waals surface area contributed by atoms with Crippen molar-refractivity contribution in [1.82, 2.24) is 9.97 Å². The number of oxazole rings is 1. The molecule has 1 aromatic carbocycles. The molecular formula is C13H11N3OS. The van der Waals surface area contributed by atoms with Gasteiger partial charge in [0.25, 0.3) is 0 Å². The summed E-state index contributed by atoms with van der Waals surface area (Å²) in [6.07, 6.45) is 4.96. The fourth-order valence-electron chi connectivity index (χ4n) is 1.63. The van der Waals surface area contributed by atoms with Gasteiger partial charge in [-0.1, -0.05) is 0 Å². The Labute approximate surface area is 108 Å². The van der Waals surface area contributed by atoms with Crippen molar-refractivity contribution in [3.05, 3.63) is 53.4 Å². The fraction of sp³-hybridized carbons (Fsp3) is 0.0769. The average molecular weight is 257 g/mol. The number of anilines is 1. The second kappa shape index (κ2) is 5.01. The molecule has 0 amide bonds. The van der Waals surface area contributed by atoms with Gasteiger partial charge in [0.05, 0.1) is 12.7 Å². The van der Waals surface area contributed by atoms with Crippen LogP contribution in [0, 0.1) is 0 Å². The van der Waals surface area contributed by atoms with E-state index in [-0.39, 0.29) is 0 Å². The number of thiazole rings is 1. The molecule has 3 rings (SSSR count). The molecule has 0 saturated carbocycles. The molecule has 0 saturated heterocycles. The van der Waals surface area contributed by atoms with E-state index >= 15 is 0 Å². The van der Waals surface area contributed by atoms with Crippen molar-refractivity contribution in [2.75, 3.05) is 5.32 Å². The van der Waals surface area contributed by atoms with E-state index in [9.17, 15) is 0 Å². The third-order valence-corrected chi connectivity index (χ3v) is 3.31. The summed E-state index contributed by atoms with van der Waals surface area (Å²) < 4.78 is 5.24. The number of nitrogens with zero attached hydrogens (tertiary/aromatic N) is 2. The summed E-state index contributed by atoms with van der Waals surface area (Å²) >= 11 is 1.65. The molecule has 90 valence electrons. The number of nitrogens with one attached hydrogen (secondary N) is 1. The maximum absolute atomic E-state index is 5.24. The summed E-state index contributed by atoms with van der Waals surface area (Å²) in [6, 6.07) is 8.05. The molecule has 2 aromatic heterocycles. The highest BCUT2D eigenvalue weighted by molar-refractivity contribution is 7.09. The molecule has 18 heavy (non-hydrogen) atoms. The van der Waals surface area contributed by atoms with E-state index in [4.69, 9.17) is 4.42 Å². The molecular weight excluding hydrogens is 246 g/mol. The standard InChI is InChI=1S/C13H11N3OS/c1-3-11(16-8-13-15-5-6-18-13)4-2-10(1)12-7-14-9-17-12/h1-7,9,16H,8H2. The predicted octanol–water partition coefficient (Wildman–Crippen LogP) is 3.41. The minimum Gasteiger partial charge on any atom is -0.444 e. The number of hydrogen-bond acceptors (Lipinski definition) is 5. The van der Waals surface area contributed by atoms with Crippen LogP contribution >= 0.6 is 11.3 Å². The first-order valence-electron chi connectivity index (χ1n) is 5.53. The van der Waals surface area contributed by atoms with Crippen molar-refractivity contribution in [3.8, 4) is 11.3 Å². The quantitative estimate of drug-likeness (QED) is 0.778. The molecule has 4 nitrogen and oxygen atoms in total. The minimum atomic E-state index is 0.749. The van der Waals surface area contributed by atoms with Crippen molar-refractivity contribution in [1.29, 1.82) is 0 Å². The van der Waals surface area contributed by atoms with Crippen LogP contribution in [0.3, 0.4) is 0 Å². The van der Waals surface area contributed by atoms with Gasteiger partial charge in [0.15, 0.2) is 12.2 Å². The lowest BCUT2D eigenvalue weighted by Crippen LogP contribution is -1.98. The molecule has 2 heterocycles. The molecule has 0 aliphatic heterocycles. The summed E-state index contributed by atoms with van der Waals surface area (Å²) in [5.74, 6) is 0.779. The van der Waals surface area contributed by atoms with Crippen LogP contribution in [-0.2, 0) is 6.54 Å². The Hall–Kier alpha value is -2.14. The highest BCUT2D eigenvalue weighted by Crippen LogP contribution is 2.21. The summed E-state index contributed by atoms with van der Waals surface area (Å²) in [7, 11) is 0. The molecule has 0 unspecified atom stereocenters. The third kappa shape index (κ3) is 2.41. The first kappa shape index (κ1) is 11.0. The van der Waals surface area contributed by atoms with Gasteiger partial charge < -0.3 is 9.73 Å². The van der Waals surface area contributed by atoms with Gasteiger partial charge in [-0.15, -0.1) is 11.3 Å². The van der Waals surface area contributed by atoms with Crippen molar-refractivity contribution in [3.63, 3.8) is 0 Å². The lowest BCUT2D eigenvalue weighted by Gasteiger charge is -2.04. The third-order valence-electron chi connectivity index (χ3n) is 2.53. The number of benzene rings is 1. The van der Waals surface area contributed by atoms with Gasteiger partial charge >= 0.3 is 0 Å². The lowest BCUT2D eigenvalue weighted by atomic mass is 10.2. The smallest absolute Gasteiger partial charge is 0.181 e. The maximum atomic E-state index is 5.24. The van der Waals surface area contributed by atoms with Gasteiger partial charge in [0.1, 0.15) is 5.01 Å². The second-order valence-corrected chi connectivity index (χ2v) is 4.70. The van der Waals surface area contributed by atoms with Crippen molar-refractivity contribution in [2.45, 2.75) is 6.54 Å². The van der Waals surface area contributed by atoms with Crippen molar-refractivity contribution < 1.29 is 4.42 Å². The highest BCUT2D eigenvalue weighted by Gasteiger charge is 2.01. The monoisotopic (exact) mass is 257 g/mol. The largest absolute Gasteiger partial charge is 0.444 e. The molecule has 0 aliphatic carbocycles. The van der Waals surface area contributed by atoms with E-state index in [2.05, 4.69) is 15.3 Å². The fourth-order valence-corrected chi connectivity index (χ4v) is 2.18. The SMILES string of the molecule is c1csc(CNc2ccc(-c3cnco3)cc2)n1. The van der Waals surface area contributed by atoms with E-state index in [0.717, 1.165) is 28.6 Å². The van der Waals surface area contributed by atoms with E-state index in [1.165, 1.54) is 6.39 Å². The topological polar surface area (TPSA) is 51.0 Å². The van der Waals surface area contributed by atoms with Crippen LogP contribution in [0.15, 0.2) is 52.9 Å². The van der Waals surface area contributed by atoms with Crippen LogP contribution in [0.25, 0.3) is 11.3 Å². The molecule has 0 atom stereocenters. The van der Waals surface area contributed by atoms with Gasteiger partial charge in [-0.3, -0.25) is 0 Å². The Kier molecular flexibility index (Phi) is 3.06. The van der Waals surface area contributed by atoms with E-state index < -0.39 is 0 Å². The zero-order valence-corrected chi connectivity index (χ0v) is 10.4. The predicted molar refractivity (Wildman–Crippen MR) is 71.4 cm³/mol. The Morgan fingerprint density at radius 2 is 2.11 bits per heavy atom. The summed E-state index contributed by atoms with van der Waals surface area (Å²) in [5, 5.41) is 6.38. The summed E-state index contributed by atoms with van der Waals surface area (Å²) in [6.45, 7) is 0.749. The Balaban J connectivity index is 1.68. The van der Waals surface area contributed by atoms with Crippen LogP contribution in [0.5, 0.6) is 0 Å². The van der Waals surface area contributed by atoms with Crippen molar-refractivity contribution in [2.24, 2.45) is 0 Å². The highest BCUT2D eigenvalue weighted by atomic mass is 32.1. The second-order valence-electron chi connectivity index (χ2n) is 3.72. The van der Waals surface area contributed by atoms with Crippen LogP contribution in [0.2, 0.25) is 0 Å². The molecule has 1 N–H and O–H groups in total. The van der Waals surface area contributed by atoms with Gasteiger partial charge in [-0.2, -0.15) is 0 Å². The Bertz CT molecular complexity index is 588. The zero-order valence-electron chi connectivity index (χ0n) is 9.54. The summed E-state index contributed by atoms with van der Waals surface area (Å²) in [4.78, 5) is 8.12. The minimum absolute atomic E-state index is 0.749. The Morgan fingerprint density at radius 3 is 2.78 bits per heavy atom. The molecule has 5 heteroatoms. The number of aromatic nitrogens is 2. The first-order valence-corrected chi connectivity index (χ1v) is 6.41. The average Bonchev–Trinajstić information content (AvgIpc) is 3.10. The van der Waals surface area contributed by atoms with Gasteiger partial charge in [0, 0.05) is 22.8 Å². The molecule has 0 bridgehead atoms. The zero-order chi connectivity index (χ0) is 12.2. The Morgan fingerprint density at radius 1 is 1.22 bits per heavy atom. The summed E-state index contributed by atoms with van der Waals surface area (Å²) in [5.41, 5.74) is 2.08. The van der Waals surface area contributed by atoms with Gasteiger partial charge in [-0.25, -0.2) is 9.97 Å². The molecule has 0 fully saturated rings. The van der Waals surface area contributed by atoms with Crippen LogP contribution in [0.4, 0.5) is 5.69 Å². The van der Waals surface area contributed by atoms with Gasteiger partial charge in [0.2, 0.25) is 0 Å². The van der Waals surface area contributed by atoms with Crippen LogP contribution < -0.4 is 5.32 Å². The number of rotatable bonds is 4. The number of hydrogen-bond donors (Lipinski definition) is 1. The lowest BCUT2D eigenvalue weighted by molar-refractivity contribution is 0.572. The van der Waals surface area contributed by atoms with Crippen molar-refractivity contribution >= 4 is 17.0 Å². The first-order chi connectivity index (χ1) is 8.92. The van der Waals surface area contributed by atoms with E-state index in [1.807, 2.05) is 35.8 Å².